The van der Waals surface area contributed by atoms with E-state index in [0.29, 0.717) is 11.8 Å². The summed E-state index contributed by atoms with van der Waals surface area (Å²) in [6.45, 7) is 0.418. The molecule has 2 aromatic rings. The Bertz CT molecular complexity index is 558. The van der Waals surface area contributed by atoms with Gasteiger partial charge >= 0.3 is 0 Å². The van der Waals surface area contributed by atoms with E-state index in [1.807, 2.05) is 24.3 Å². The van der Waals surface area contributed by atoms with Crippen LogP contribution in [0.25, 0.3) is 0 Å². The topological polar surface area (TPSA) is 55.5 Å². The van der Waals surface area contributed by atoms with E-state index in [1.165, 1.54) is 11.8 Å². The maximum atomic E-state index is 8.64. The van der Waals surface area contributed by atoms with Crippen molar-refractivity contribution in [3.63, 3.8) is 0 Å². The summed E-state index contributed by atoms with van der Waals surface area (Å²) in [7, 11) is 0. The average Bonchev–Trinajstić information content (AvgIpc) is 2.95. The summed E-state index contributed by atoms with van der Waals surface area (Å²) in [6.07, 6.45) is 3.17. The molecule has 1 aromatic heterocycles. The molecule has 4 nitrogen and oxygen atoms in total. The number of hydrogen-bond acceptors (Lipinski definition) is 5. The van der Waals surface area contributed by atoms with Crippen molar-refractivity contribution in [3.05, 3.63) is 42.3 Å². The van der Waals surface area contributed by atoms with Crippen molar-refractivity contribution in [3.8, 4) is 17.6 Å². The number of aliphatic hydroxyl groups excluding tert-OH is 1. The van der Waals surface area contributed by atoms with Gasteiger partial charge in [-0.05, 0) is 18.2 Å². The van der Waals surface area contributed by atoms with Crippen LogP contribution >= 0.6 is 11.8 Å². The van der Waals surface area contributed by atoms with Crippen LogP contribution in [-0.4, -0.2) is 29.1 Å². The highest BCUT2D eigenvalue weighted by Gasteiger charge is 1.99. The molecule has 5 heteroatoms. The lowest BCUT2D eigenvalue weighted by molar-refractivity contribution is 0.343. The van der Waals surface area contributed by atoms with Gasteiger partial charge in [0, 0.05) is 11.3 Å². The summed E-state index contributed by atoms with van der Waals surface area (Å²) in [6, 6.07) is 7.47. The van der Waals surface area contributed by atoms with E-state index in [2.05, 4.69) is 16.8 Å². The number of aromatic nitrogens is 1. The van der Waals surface area contributed by atoms with E-state index in [1.54, 1.807) is 12.5 Å². The van der Waals surface area contributed by atoms with E-state index in [9.17, 15) is 0 Å². The maximum absolute atomic E-state index is 8.64. The number of ether oxygens (including phenoxy) is 1. The molecule has 0 aliphatic carbocycles. The molecule has 19 heavy (non-hydrogen) atoms. The number of oxazole rings is 1. The molecule has 0 fully saturated rings. The summed E-state index contributed by atoms with van der Waals surface area (Å²) in [5.74, 6) is 6.96. The van der Waals surface area contributed by atoms with Crippen LogP contribution in [0.2, 0.25) is 0 Å². The van der Waals surface area contributed by atoms with Gasteiger partial charge in [-0.3, -0.25) is 0 Å². The van der Waals surface area contributed by atoms with Gasteiger partial charge in [0.2, 0.25) is 0 Å². The molecule has 0 saturated carbocycles. The van der Waals surface area contributed by atoms with Crippen LogP contribution in [0, 0.1) is 11.8 Å². The van der Waals surface area contributed by atoms with Crippen molar-refractivity contribution in [1.29, 1.82) is 0 Å². The van der Waals surface area contributed by atoms with Crippen molar-refractivity contribution in [1.82, 2.24) is 4.98 Å². The molecule has 98 valence electrons. The third-order valence-corrected chi connectivity index (χ3v) is 2.95. The van der Waals surface area contributed by atoms with Crippen LogP contribution in [0.3, 0.4) is 0 Å². The van der Waals surface area contributed by atoms with Gasteiger partial charge in [-0.25, -0.2) is 4.98 Å². The first-order valence-electron chi connectivity index (χ1n) is 5.73. The fraction of sp³-hybridized carbons (Fsp3) is 0.214. The number of thioether (sulfide) groups is 1. The molecule has 1 aromatic carbocycles. The van der Waals surface area contributed by atoms with Crippen molar-refractivity contribution < 1.29 is 14.3 Å². The third-order valence-electron chi connectivity index (χ3n) is 2.13. The number of aliphatic hydroxyl groups is 1. The van der Waals surface area contributed by atoms with Gasteiger partial charge < -0.3 is 14.3 Å². The van der Waals surface area contributed by atoms with Gasteiger partial charge in [0.25, 0.3) is 5.22 Å². The summed E-state index contributed by atoms with van der Waals surface area (Å²) in [5, 5.41) is 9.28. The highest BCUT2D eigenvalue weighted by Crippen LogP contribution is 2.16. The molecule has 0 unspecified atom stereocenters. The zero-order valence-corrected chi connectivity index (χ0v) is 11.0. The predicted octanol–water partition coefficient (Wildman–Crippen LogP) is 2.19. The Morgan fingerprint density at radius 1 is 1.42 bits per heavy atom. The molecule has 1 heterocycles. The van der Waals surface area contributed by atoms with Gasteiger partial charge in [-0.2, -0.15) is 0 Å². The first kappa shape index (κ1) is 13.5. The Morgan fingerprint density at radius 2 is 2.37 bits per heavy atom. The first-order chi connectivity index (χ1) is 9.38. The monoisotopic (exact) mass is 275 g/mol. The first-order valence-corrected chi connectivity index (χ1v) is 6.72. The third kappa shape index (κ3) is 4.70. The van der Waals surface area contributed by atoms with Crippen molar-refractivity contribution in [2.45, 2.75) is 5.22 Å². The van der Waals surface area contributed by atoms with E-state index in [-0.39, 0.29) is 6.61 Å². The zero-order chi connectivity index (χ0) is 13.3. The fourth-order valence-corrected chi connectivity index (χ4v) is 1.98. The molecule has 2 rings (SSSR count). The molecule has 0 spiro atoms. The van der Waals surface area contributed by atoms with Gasteiger partial charge in [0.15, 0.2) is 0 Å². The SMILES string of the molecule is OCC#Cc1cccc(OCCSc2ncco2)c1. The zero-order valence-electron chi connectivity index (χ0n) is 10.2. The largest absolute Gasteiger partial charge is 0.493 e. The molecular weight excluding hydrogens is 262 g/mol. The van der Waals surface area contributed by atoms with Gasteiger partial charge in [-0.1, -0.05) is 29.7 Å². The van der Waals surface area contributed by atoms with Gasteiger partial charge in [0.1, 0.15) is 18.6 Å². The van der Waals surface area contributed by atoms with Crippen molar-refractivity contribution in [2.75, 3.05) is 19.0 Å². The highest BCUT2D eigenvalue weighted by atomic mass is 32.2. The second-order valence-electron chi connectivity index (χ2n) is 3.48. The Balaban J connectivity index is 1.79. The summed E-state index contributed by atoms with van der Waals surface area (Å²) in [5.41, 5.74) is 0.826. The number of hydrogen-bond donors (Lipinski definition) is 1. The Kier molecular flexibility index (Phi) is 5.35. The molecular formula is C14H13NO3S. The average molecular weight is 275 g/mol. The summed E-state index contributed by atoms with van der Waals surface area (Å²) < 4.78 is 10.7. The van der Waals surface area contributed by atoms with Gasteiger partial charge in [0.05, 0.1) is 12.8 Å². The van der Waals surface area contributed by atoms with Crippen molar-refractivity contribution >= 4 is 11.8 Å². The standard InChI is InChI=1S/C14H13NO3S/c16-7-2-4-12-3-1-5-13(11-12)17-9-10-19-14-15-6-8-18-14/h1,3,5-6,8,11,16H,7,9-10H2. The number of benzene rings is 1. The molecule has 0 aliphatic heterocycles. The lowest BCUT2D eigenvalue weighted by atomic mass is 10.2. The normalized spacial score (nSPS) is 9.74. The second-order valence-corrected chi connectivity index (χ2v) is 4.53. The molecule has 0 bridgehead atoms. The maximum Gasteiger partial charge on any atom is 0.255 e. The summed E-state index contributed by atoms with van der Waals surface area (Å²) >= 11 is 1.50. The summed E-state index contributed by atoms with van der Waals surface area (Å²) in [4.78, 5) is 4.01. The van der Waals surface area contributed by atoms with Crippen LogP contribution in [0.5, 0.6) is 5.75 Å². The van der Waals surface area contributed by atoms with Crippen LogP contribution in [0.1, 0.15) is 5.56 Å². The van der Waals surface area contributed by atoms with Gasteiger partial charge in [-0.15, -0.1) is 0 Å². The van der Waals surface area contributed by atoms with E-state index >= 15 is 0 Å². The van der Waals surface area contributed by atoms with Crippen LogP contribution < -0.4 is 4.74 Å². The second kappa shape index (κ2) is 7.52. The minimum absolute atomic E-state index is 0.141. The van der Waals surface area contributed by atoms with E-state index in [0.717, 1.165) is 17.1 Å². The van der Waals surface area contributed by atoms with Crippen LogP contribution in [0.15, 0.2) is 46.4 Å². The van der Waals surface area contributed by atoms with E-state index < -0.39 is 0 Å². The van der Waals surface area contributed by atoms with E-state index in [4.69, 9.17) is 14.3 Å². The molecule has 1 N–H and O–H groups in total. The molecule has 0 radical (unpaired) electrons. The minimum Gasteiger partial charge on any atom is -0.493 e. The number of rotatable bonds is 5. The lowest BCUT2D eigenvalue weighted by Crippen LogP contribution is -2.00. The highest BCUT2D eigenvalue weighted by molar-refractivity contribution is 7.99. The lowest BCUT2D eigenvalue weighted by Gasteiger charge is -2.05. The number of nitrogens with zero attached hydrogens (tertiary/aromatic N) is 1. The Morgan fingerprint density at radius 3 is 3.16 bits per heavy atom. The van der Waals surface area contributed by atoms with Crippen molar-refractivity contribution in [2.24, 2.45) is 0 Å². The molecule has 0 amide bonds. The smallest absolute Gasteiger partial charge is 0.255 e. The Hall–Kier alpha value is -1.90. The fourth-order valence-electron chi connectivity index (χ4n) is 1.38. The quantitative estimate of drug-likeness (QED) is 0.515. The van der Waals surface area contributed by atoms with Crippen LogP contribution in [0.4, 0.5) is 0 Å². The molecule has 0 saturated heterocycles. The minimum atomic E-state index is -0.141. The van der Waals surface area contributed by atoms with Crippen LogP contribution in [-0.2, 0) is 0 Å². The molecule has 0 aliphatic rings. The molecule has 0 atom stereocenters. The predicted molar refractivity (Wildman–Crippen MR) is 73.1 cm³/mol. The Labute approximate surface area is 115 Å².